The molecular weight excluding hydrogens is 248 g/mol. The molecule has 18 heavy (non-hydrogen) atoms. The molecule has 2 N–H and O–H groups in total. The lowest BCUT2D eigenvalue weighted by molar-refractivity contribution is 0.0955. The van der Waals surface area contributed by atoms with Crippen LogP contribution in [0.15, 0.2) is 28.4 Å². The van der Waals surface area contributed by atoms with Crippen molar-refractivity contribution in [3.63, 3.8) is 0 Å². The molecule has 0 bridgehead atoms. The quantitative estimate of drug-likeness (QED) is 0.888. The molecule has 0 aromatic carbocycles. The molecule has 94 valence electrons. The van der Waals surface area contributed by atoms with E-state index in [9.17, 15) is 9.59 Å². The summed E-state index contributed by atoms with van der Waals surface area (Å²) in [6, 6.07) is 5.48. The zero-order chi connectivity index (χ0) is 13.1. The van der Waals surface area contributed by atoms with E-state index in [1.165, 1.54) is 11.3 Å². The molecule has 2 aromatic rings. The van der Waals surface area contributed by atoms with Gasteiger partial charge in [0.25, 0.3) is 11.5 Å². The van der Waals surface area contributed by atoms with Crippen LogP contribution in [0.1, 0.15) is 26.5 Å². The van der Waals surface area contributed by atoms with Crippen molar-refractivity contribution < 1.29 is 4.79 Å². The number of carbonyl (C=O) groups is 1. The van der Waals surface area contributed by atoms with E-state index in [4.69, 9.17) is 0 Å². The van der Waals surface area contributed by atoms with Gasteiger partial charge in [0, 0.05) is 17.8 Å². The summed E-state index contributed by atoms with van der Waals surface area (Å²) in [4.78, 5) is 26.9. The van der Waals surface area contributed by atoms with Crippen LogP contribution >= 0.6 is 11.3 Å². The first-order valence-corrected chi connectivity index (χ1v) is 6.47. The third kappa shape index (κ3) is 2.68. The van der Waals surface area contributed by atoms with E-state index in [1.807, 2.05) is 31.4 Å². The first kappa shape index (κ1) is 12.6. The predicted octanol–water partition coefficient (Wildman–Crippen LogP) is 1.98. The van der Waals surface area contributed by atoms with Crippen molar-refractivity contribution in [2.45, 2.75) is 20.4 Å². The van der Waals surface area contributed by atoms with Gasteiger partial charge in [-0.05, 0) is 36.9 Å². The summed E-state index contributed by atoms with van der Waals surface area (Å²) < 4.78 is 0. The minimum atomic E-state index is -0.149. The number of nitrogens with one attached hydrogen (secondary N) is 2. The summed E-state index contributed by atoms with van der Waals surface area (Å²) in [6.45, 7) is 3.95. The normalized spacial score (nSPS) is 10.3. The lowest BCUT2D eigenvalue weighted by Crippen LogP contribution is -2.27. The SMILES string of the molecule is Cc1cc(C)c(CNC(=O)c2cccs2)c(=O)[nH]1. The highest BCUT2D eigenvalue weighted by atomic mass is 32.1. The summed E-state index contributed by atoms with van der Waals surface area (Å²) in [5, 5.41) is 4.60. The third-order valence-corrected chi connectivity index (χ3v) is 3.53. The number of hydrogen-bond donors (Lipinski definition) is 2. The molecule has 0 saturated carbocycles. The molecule has 0 atom stereocenters. The van der Waals surface area contributed by atoms with Gasteiger partial charge < -0.3 is 10.3 Å². The number of H-pyrrole nitrogens is 1. The molecule has 2 rings (SSSR count). The van der Waals surface area contributed by atoms with Gasteiger partial charge in [0.2, 0.25) is 0 Å². The molecule has 0 radical (unpaired) electrons. The number of pyridine rings is 1. The molecule has 2 heterocycles. The highest BCUT2D eigenvalue weighted by molar-refractivity contribution is 7.12. The van der Waals surface area contributed by atoms with Crippen molar-refractivity contribution in [1.82, 2.24) is 10.3 Å². The Morgan fingerprint density at radius 3 is 2.83 bits per heavy atom. The molecule has 4 nitrogen and oxygen atoms in total. The second-order valence-electron chi connectivity index (χ2n) is 4.10. The Labute approximate surface area is 109 Å². The number of hydrogen-bond acceptors (Lipinski definition) is 3. The van der Waals surface area contributed by atoms with Crippen molar-refractivity contribution in [3.8, 4) is 0 Å². The van der Waals surface area contributed by atoms with Crippen molar-refractivity contribution in [3.05, 3.63) is 55.6 Å². The van der Waals surface area contributed by atoms with Crippen molar-refractivity contribution in [1.29, 1.82) is 0 Å². The fourth-order valence-corrected chi connectivity index (χ4v) is 2.40. The monoisotopic (exact) mass is 262 g/mol. The zero-order valence-electron chi connectivity index (χ0n) is 10.2. The molecular formula is C13H14N2O2S. The van der Waals surface area contributed by atoms with Gasteiger partial charge in [0.05, 0.1) is 4.88 Å². The van der Waals surface area contributed by atoms with Gasteiger partial charge in [0.15, 0.2) is 0 Å². The standard InChI is InChI=1S/C13H14N2O2S/c1-8-6-9(2)15-12(16)10(8)7-14-13(17)11-4-3-5-18-11/h3-6H,7H2,1-2H3,(H,14,17)(H,15,16). The number of aromatic amines is 1. The molecule has 1 amide bonds. The Morgan fingerprint density at radius 2 is 2.22 bits per heavy atom. The van der Waals surface area contributed by atoms with Gasteiger partial charge >= 0.3 is 0 Å². The van der Waals surface area contributed by atoms with Gasteiger partial charge in [-0.2, -0.15) is 0 Å². The predicted molar refractivity (Wildman–Crippen MR) is 72.0 cm³/mol. The highest BCUT2D eigenvalue weighted by Crippen LogP contribution is 2.09. The van der Waals surface area contributed by atoms with Crippen LogP contribution in [0.4, 0.5) is 0 Å². The zero-order valence-corrected chi connectivity index (χ0v) is 11.1. The van der Waals surface area contributed by atoms with Crippen LogP contribution in [-0.4, -0.2) is 10.9 Å². The largest absolute Gasteiger partial charge is 0.347 e. The molecule has 0 aliphatic heterocycles. The minimum Gasteiger partial charge on any atom is -0.347 e. The van der Waals surface area contributed by atoms with E-state index in [-0.39, 0.29) is 18.0 Å². The Hall–Kier alpha value is -1.88. The summed E-state index contributed by atoms with van der Waals surface area (Å²) in [7, 11) is 0. The molecule has 5 heteroatoms. The van der Waals surface area contributed by atoms with Gasteiger partial charge in [0.1, 0.15) is 0 Å². The summed E-state index contributed by atoms with van der Waals surface area (Å²) in [5.41, 5.74) is 2.18. The lowest BCUT2D eigenvalue weighted by Gasteiger charge is -2.07. The molecule has 0 unspecified atom stereocenters. The fraction of sp³-hybridized carbons (Fsp3) is 0.231. The van der Waals surface area contributed by atoms with Crippen LogP contribution in [0.2, 0.25) is 0 Å². The van der Waals surface area contributed by atoms with Crippen LogP contribution < -0.4 is 10.9 Å². The van der Waals surface area contributed by atoms with Gasteiger partial charge in [-0.15, -0.1) is 11.3 Å². The number of amides is 1. The number of aryl methyl sites for hydroxylation is 2. The third-order valence-electron chi connectivity index (χ3n) is 2.66. The highest BCUT2D eigenvalue weighted by Gasteiger charge is 2.09. The Bertz CT molecular complexity index is 614. The van der Waals surface area contributed by atoms with E-state index in [0.717, 1.165) is 11.3 Å². The van der Waals surface area contributed by atoms with Crippen molar-refractivity contribution in [2.24, 2.45) is 0 Å². The fourth-order valence-electron chi connectivity index (χ4n) is 1.76. The minimum absolute atomic E-state index is 0.140. The van der Waals surface area contributed by atoms with Crippen molar-refractivity contribution >= 4 is 17.2 Å². The Balaban J connectivity index is 2.12. The van der Waals surface area contributed by atoms with Crippen LogP contribution in [0.3, 0.4) is 0 Å². The van der Waals surface area contributed by atoms with Gasteiger partial charge in [-0.1, -0.05) is 6.07 Å². The maximum atomic E-state index is 11.8. The number of rotatable bonds is 3. The van der Waals surface area contributed by atoms with Crippen molar-refractivity contribution in [2.75, 3.05) is 0 Å². The van der Waals surface area contributed by atoms with Crippen LogP contribution in [0.5, 0.6) is 0 Å². The average molecular weight is 262 g/mol. The van der Waals surface area contributed by atoms with E-state index in [0.29, 0.717) is 10.4 Å². The van der Waals surface area contributed by atoms with E-state index in [1.54, 1.807) is 6.07 Å². The summed E-state index contributed by atoms with van der Waals surface area (Å²) in [6.07, 6.45) is 0. The van der Waals surface area contributed by atoms with Crippen LogP contribution in [0.25, 0.3) is 0 Å². The molecule has 0 spiro atoms. The molecule has 2 aromatic heterocycles. The van der Waals surface area contributed by atoms with E-state index in [2.05, 4.69) is 10.3 Å². The second-order valence-corrected chi connectivity index (χ2v) is 5.05. The first-order valence-electron chi connectivity index (χ1n) is 5.59. The Morgan fingerprint density at radius 1 is 1.44 bits per heavy atom. The molecule has 0 saturated heterocycles. The van der Waals surface area contributed by atoms with Gasteiger partial charge in [-0.3, -0.25) is 9.59 Å². The lowest BCUT2D eigenvalue weighted by atomic mass is 10.1. The van der Waals surface area contributed by atoms with Gasteiger partial charge in [-0.25, -0.2) is 0 Å². The molecule has 0 aliphatic carbocycles. The maximum absolute atomic E-state index is 11.8. The molecule has 0 aliphatic rings. The number of carbonyl (C=O) groups excluding carboxylic acids is 1. The summed E-state index contributed by atoms with van der Waals surface area (Å²) >= 11 is 1.38. The van der Waals surface area contributed by atoms with Crippen LogP contribution in [0, 0.1) is 13.8 Å². The van der Waals surface area contributed by atoms with Crippen LogP contribution in [-0.2, 0) is 6.54 Å². The summed E-state index contributed by atoms with van der Waals surface area (Å²) in [5.74, 6) is -0.149. The van der Waals surface area contributed by atoms with E-state index < -0.39 is 0 Å². The van der Waals surface area contributed by atoms with E-state index >= 15 is 0 Å². The average Bonchev–Trinajstić information content (AvgIpc) is 2.80. The number of aromatic nitrogens is 1. The number of thiophene rings is 1. The topological polar surface area (TPSA) is 62.0 Å². The maximum Gasteiger partial charge on any atom is 0.261 e. The Kier molecular flexibility index (Phi) is 3.62. The first-order chi connectivity index (χ1) is 8.58. The smallest absolute Gasteiger partial charge is 0.261 e. The second kappa shape index (κ2) is 5.18. The molecule has 0 fully saturated rings.